The third kappa shape index (κ3) is 5.04. The number of aromatic amines is 1. The number of amides is 1. The van der Waals surface area contributed by atoms with Crippen molar-refractivity contribution in [2.24, 2.45) is 5.10 Å². The zero-order chi connectivity index (χ0) is 19.1. The predicted octanol–water partition coefficient (Wildman–Crippen LogP) is 3.94. The lowest BCUT2D eigenvalue weighted by molar-refractivity contribution is 0.0950. The summed E-state index contributed by atoms with van der Waals surface area (Å²) in [6.45, 7) is 4.78. The van der Waals surface area contributed by atoms with Crippen molar-refractivity contribution in [1.29, 1.82) is 0 Å². The van der Waals surface area contributed by atoms with E-state index in [2.05, 4.69) is 27.6 Å². The molecule has 0 aliphatic rings. The van der Waals surface area contributed by atoms with Crippen LogP contribution in [0.5, 0.6) is 5.75 Å². The van der Waals surface area contributed by atoms with E-state index in [1.54, 1.807) is 12.3 Å². The number of nitrogens with one attached hydrogen (secondary N) is 2. The predicted molar refractivity (Wildman–Crippen MR) is 106 cm³/mol. The van der Waals surface area contributed by atoms with E-state index < -0.39 is 0 Å². The van der Waals surface area contributed by atoms with Crippen molar-refractivity contribution in [2.75, 3.05) is 6.61 Å². The maximum absolute atomic E-state index is 12.2. The second-order valence-corrected chi connectivity index (χ2v) is 6.15. The molecular formula is C21H22N4O2. The minimum Gasteiger partial charge on any atom is -0.494 e. The fraction of sp³-hybridized carbons (Fsp3) is 0.190. The molecule has 6 nitrogen and oxygen atoms in total. The monoisotopic (exact) mass is 362 g/mol. The van der Waals surface area contributed by atoms with Crippen molar-refractivity contribution in [2.45, 2.75) is 20.3 Å². The lowest BCUT2D eigenvalue weighted by Gasteiger charge is -2.03. The summed E-state index contributed by atoms with van der Waals surface area (Å²) in [6.07, 6.45) is 2.55. The number of ether oxygens (including phenoxy) is 1. The normalized spacial score (nSPS) is 10.9. The molecule has 2 aromatic carbocycles. The summed E-state index contributed by atoms with van der Waals surface area (Å²) in [4.78, 5) is 12.2. The third-order valence-corrected chi connectivity index (χ3v) is 3.90. The number of hydrogen-bond donors (Lipinski definition) is 2. The quantitative estimate of drug-likeness (QED) is 0.493. The van der Waals surface area contributed by atoms with Crippen molar-refractivity contribution in [3.05, 3.63) is 71.4 Å². The van der Waals surface area contributed by atoms with E-state index >= 15 is 0 Å². The highest BCUT2D eigenvalue weighted by atomic mass is 16.5. The lowest BCUT2D eigenvalue weighted by Crippen LogP contribution is -2.17. The van der Waals surface area contributed by atoms with Crippen LogP contribution in [0.25, 0.3) is 11.3 Å². The molecule has 1 heterocycles. The number of hydrogen-bond acceptors (Lipinski definition) is 4. The van der Waals surface area contributed by atoms with Crippen molar-refractivity contribution in [1.82, 2.24) is 15.6 Å². The molecule has 0 spiro atoms. The number of carbonyl (C=O) groups excluding carboxylic acids is 1. The Morgan fingerprint density at radius 1 is 1.19 bits per heavy atom. The number of nitrogens with zero attached hydrogens (tertiary/aromatic N) is 2. The molecule has 0 aliphatic carbocycles. The third-order valence-electron chi connectivity index (χ3n) is 3.90. The molecule has 1 amide bonds. The molecule has 6 heteroatoms. The van der Waals surface area contributed by atoms with Gasteiger partial charge in [0.1, 0.15) is 11.4 Å². The van der Waals surface area contributed by atoms with Gasteiger partial charge in [0, 0.05) is 5.56 Å². The molecule has 0 saturated carbocycles. The molecule has 1 aromatic heterocycles. The van der Waals surface area contributed by atoms with Crippen LogP contribution in [0.4, 0.5) is 0 Å². The molecule has 0 unspecified atom stereocenters. The van der Waals surface area contributed by atoms with Gasteiger partial charge in [-0.15, -0.1) is 0 Å². The van der Waals surface area contributed by atoms with E-state index in [1.807, 2.05) is 55.5 Å². The van der Waals surface area contributed by atoms with Gasteiger partial charge in [0.2, 0.25) is 0 Å². The Labute approximate surface area is 158 Å². The van der Waals surface area contributed by atoms with Crippen LogP contribution in [0.3, 0.4) is 0 Å². The first-order chi connectivity index (χ1) is 13.2. The smallest absolute Gasteiger partial charge is 0.289 e. The van der Waals surface area contributed by atoms with Gasteiger partial charge in [-0.2, -0.15) is 10.2 Å². The SMILES string of the molecule is CCCOc1ccc(C=NNC(=O)c2cc(-c3ccc(C)cc3)n[nH]2)cc1. The molecule has 0 aliphatic heterocycles. The molecule has 0 saturated heterocycles. The van der Waals surface area contributed by atoms with Crippen molar-refractivity contribution in [3.8, 4) is 17.0 Å². The Morgan fingerprint density at radius 2 is 1.93 bits per heavy atom. The maximum atomic E-state index is 12.2. The largest absolute Gasteiger partial charge is 0.494 e. The van der Waals surface area contributed by atoms with Gasteiger partial charge in [-0.1, -0.05) is 36.8 Å². The highest BCUT2D eigenvalue weighted by Crippen LogP contribution is 2.18. The minimum absolute atomic E-state index is 0.347. The lowest BCUT2D eigenvalue weighted by atomic mass is 10.1. The van der Waals surface area contributed by atoms with Gasteiger partial charge in [-0.25, -0.2) is 5.43 Å². The van der Waals surface area contributed by atoms with Crippen LogP contribution in [0.2, 0.25) is 0 Å². The topological polar surface area (TPSA) is 79.4 Å². The van der Waals surface area contributed by atoms with Gasteiger partial charge < -0.3 is 4.74 Å². The Morgan fingerprint density at radius 3 is 2.63 bits per heavy atom. The van der Waals surface area contributed by atoms with E-state index in [1.165, 1.54) is 5.56 Å². The zero-order valence-corrected chi connectivity index (χ0v) is 15.4. The second kappa shape index (κ2) is 8.80. The first kappa shape index (κ1) is 18.4. The van der Waals surface area contributed by atoms with Crippen LogP contribution in [0.1, 0.15) is 35.0 Å². The number of benzene rings is 2. The van der Waals surface area contributed by atoms with Gasteiger partial charge in [0.05, 0.1) is 18.5 Å². The molecule has 3 rings (SSSR count). The van der Waals surface area contributed by atoms with E-state index in [0.717, 1.165) is 23.3 Å². The second-order valence-electron chi connectivity index (χ2n) is 6.15. The van der Waals surface area contributed by atoms with Gasteiger partial charge in [0.25, 0.3) is 5.91 Å². The number of hydrazone groups is 1. The summed E-state index contributed by atoms with van der Waals surface area (Å²) in [5.74, 6) is 0.471. The molecule has 27 heavy (non-hydrogen) atoms. The number of H-pyrrole nitrogens is 1. The number of rotatable bonds is 7. The molecule has 138 valence electrons. The van der Waals surface area contributed by atoms with Gasteiger partial charge in [0.15, 0.2) is 0 Å². The van der Waals surface area contributed by atoms with Crippen LogP contribution < -0.4 is 10.2 Å². The van der Waals surface area contributed by atoms with Gasteiger partial charge in [-0.3, -0.25) is 9.89 Å². The van der Waals surface area contributed by atoms with E-state index in [4.69, 9.17) is 4.74 Å². The van der Waals surface area contributed by atoms with Crippen LogP contribution >= 0.6 is 0 Å². The molecule has 0 bridgehead atoms. The van der Waals surface area contributed by atoms with E-state index in [0.29, 0.717) is 18.0 Å². The average Bonchev–Trinajstić information content (AvgIpc) is 3.18. The molecule has 0 atom stereocenters. The van der Waals surface area contributed by atoms with Gasteiger partial charge >= 0.3 is 0 Å². The summed E-state index contributed by atoms with van der Waals surface area (Å²) in [7, 11) is 0. The van der Waals surface area contributed by atoms with Crippen LogP contribution in [-0.4, -0.2) is 28.9 Å². The molecule has 0 fully saturated rings. The van der Waals surface area contributed by atoms with Gasteiger partial charge in [-0.05, 0) is 49.2 Å². The fourth-order valence-corrected chi connectivity index (χ4v) is 2.41. The molecule has 3 aromatic rings. The summed E-state index contributed by atoms with van der Waals surface area (Å²) in [5, 5.41) is 10.9. The first-order valence-corrected chi connectivity index (χ1v) is 8.84. The molecule has 0 radical (unpaired) electrons. The first-order valence-electron chi connectivity index (χ1n) is 8.84. The van der Waals surface area contributed by atoms with Crippen molar-refractivity contribution >= 4 is 12.1 Å². The fourth-order valence-electron chi connectivity index (χ4n) is 2.41. The van der Waals surface area contributed by atoms with Crippen LogP contribution in [-0.2, 0) is 0 Å². The summed E-state index contributed by atoms with van der Waals surface area (Å²) >= 11 is 0. The van der Waals surface area contributed by atoms with Crippen molar-refractivity contribution in [3.63, 3.8) is 0 Å². The van der Waals surface area contributed by atoms with E-state index in [9.17, 15) is 4.79 Å². The highest BCUT2D eigenvalue weighted by Gasteiger charge is 2.10. The van der Waals surface area contributed by atoms with Crippen LogP contribution in [0.15, 0.2) is 59.7 Å². The summed E-state index contributed by atoms with van der Waals surface area (Å²) < 4.78 is 5.53. The number of carbonyl (C=O) groups is 1. The standard InChI is InChI=1S/C21H22N4O2/c1-3-12-27-18-10-6-16(7-11-18)14-22-25-21(26)20-13-19(23-24-20)17-8-4-15(2)5-9-17/h4-11,13-14H,3,12H2,1-2H3,(H,23,24)(H,25,26). The van der Waals surface area contributed by atoms with Crippen LogP contribution in [0, 0.1) is 6.92 Å². The molecular weight excluding hydrogens is 340 g/mol. The van der Waals surface area contributed by atoms with E-state index in [-0.39, 0.29) is 5.91 Å². The Kier molecular flexibility index (Phi) is 5.99. The average molecular weight is 362 g/mol. The Hall–Kier alpha value is -3.41. The number of aryl methyl sites for hydroxylation is 1. The zero-order valence-electron chi connectivity index (χ0n) is 15.4. The molecule has 2 N–H and O–H groups in total. The maximum Gasteiger partial charge on any atom is 0.289 e. The summed E-state index contributed by atoms with van der Waals surface area (Å²) in [5.41, 5.74) is 6.55. The number of aromatic nitrogens is 2. The Bertz CT molecular complexity index is 912. The minimum atomic E-state index is -0.347. The van der Waals surface area contributed by atoms with Crippen molar-refractivity contribution < 1.29 is 9.53 Å². The highest BCUT2D eigenvalue weighted by molar-refractivity contribution is 5.94. The Balaban J connectivity index is 1.57. The summed E-state index contributed by atoms with van der Waals surface area (Å²) in [6, 6.07) is 17.2.